The first kappa shape index (κ1) is 15.3. The van der Waals surface area contributed by atoms with E-state index in [0.29, 0.717) is 18.0 Å². The van der Waals surface area contributed by atoms with E-state index in [1.165, 1.54) is 25.7 Å². The van der Waals surface area contributed by atoms with Gasteiger partial charge in [-0.3, -0.25) is 4.90 Å². The van der Waals surface area contributed by atoms with Crippen molar-refractivity contribution in [3.05, 3.63) is 0 Å². The summed E-state index contributed by atoms with van der Waals surface area (Å²) in [5, 5.41) is 10.4. The summed E-state index contributed by atoms with van der Waals surface area (Å²) in [5.74, 6) is 1.56. The second kappa shape index (κ2) is 6.55. The van der Waals surface area contributed by atoms with E-state index in [2.05, 4.69) is 37.7 Å². The van der Waals surface area contributed by atoms with Crippen molar-refractivity contribution in [3.63, 3.8) is 0 Å². The van der Waals surface area contributed by atoms with Crippen molar-refractivity contribution >= 4 is 0 Å². The molecule has 3 heteroatoms. The minimum absolute atomic E-state index is 0.0961. The summed E-state index contributed by atoms with van der Waals surface area (Å²) in [4.78, 5) is 4.92. The molecule has 0 aromatic carbocycles. The Morgan fingerprint density at radius 2 is 1.95 bits per heavy atom. The number of aliphatic hydroxyl groups is 1. The smallest absolute Gasteiger partial charge is 0.0695 e. The Bertz CT molecular complexity index is 282. The van der Waals surface area contributed by atoms with Crippen LogP contribution in [0.1, 0.15) is 46.0 Å². The normalized spacial score (nSPS) is 41.1. The van der Waals surface area contributed by atoms with Crippen LogP contribution in [0.25, 0.3) is 0 Å². The van der Waals surface area contributed by atoms with Crippen LogP contribution in [0.15, 0.2) is 0 Å². The molecule has 2 fully saturated rings. The van der Waals surface area contributed by atoms with E-state index < -0.39 is 0 Å². The standard InChI is InChI=1S/C16H32N2O/c1-5-6-13-7-8-16(19)14(9-13)18-10-12(2)15(11-18)17(3)4/h12-16,19H,5-11H2,1-4H3. The molecular formula is C16H32N2O. The van der Waals surface area contributed by atoms with Gasteiger partial charge in [0.05, 0.1) is 6.10 Å². The quantitative estimate of drug-likeness (QED) is 0.847. The summed E-state index contributed by atoms with van der Waals surface area (Å²) < 4.78 is 0. The van der Waals surface area contributed by atoms with Gasteiger partial charge < -0.3 is 10.0 Å². The van der Waals surface area contributed by atoms with Crippen LogP contribution in [0.3, 0.4) is 0 Å². The van der Waals surface area contributed by atoms with Gasteiger partial charge in [-0.05, 0) is 45.2 Å². The van der Waals surface area contributed by atoms with E-state index in [1.54, 1.807) is 0 Å². The highest BCUT2D eigenvalue weighted by molar-refractivity contribution is 4.94. The third-order valence-electron chi connectivity index (χ3n) is 5.32. The Hall–Kier alpha value is -0.120. The summed E-state index contributed by atoms with van der Waals surface area (Å²) in [6, 6.07) is 1.07. The molecule has 112 valence electrons. The first-order valence-corrected chi connectivity index (χ1v) is 8.11. The van der Waals surface area contributed by atoms with Gasteiger partial charge in [-0.2, -0.15) is 0 Å². The van der Waals surface area contributed by atoms with E-state index in [0.717, 1.165) is 25.4 Å². The zero-order valence-corrected chi connectivity index (χ0v) is 13.2. The molecule has 1 aliphatic heterocycles. The topological polar surface area (TPSA) is 26.7 Å². The Morgan fingerprint density at radius 1 is 1.21 bits per heavy atom. The van der Waals surface area contributed by atoms with Crippen LogP contribution in [-0.4, -0.2) is 60.3 Å². The SMILES string of the molecule is CCCC1CCC(O)C(N2CC(C)C(N(C)C)C2)C1. The maximum Gasteiger partial charge on any atom is 0.0695 e. The second-order valence-corrected chi connectivity index (χ2v) is 7.06. The molecule has 1 heterocycles. The maximum atomic E-state index is 10.4. The first-order chi connectivity index (χ1) is 9.02. The number of aliphatic hydroxyl groups excluding tert-OH is 1. The second-order valence-electron chi connectivity index (χ2n) is 7.06. The first-order valence-electron chi connectivity index (χ1n) is 8.11. The van der Waals surface area contributed by atoms with E-state index >= 15 is 0 Å². The molecular weight excluding hydrogens is 236 g/mol. The van der Waals surface area contributed by atoms with Crippen molar-refractivity contribution in [1.82, 2.24) is 9.80 Å². The maximum absolute atomic E-state index is 10.4. The molecule has 0 bridgehead atoms. The van der Waals surface area contributed by atoms with E-state index in [9.17, 15) is 5.11 Å². The summed E-state index contributed by atoms with van der Waals surface area (Å²) in [6.07, 6.45) is 5.97. The summed E-state index contributed by atoms with van der Waals surface area (Å²) in [6.45, 7) is 6.92. The third-order valence-corrected chi connectivity index (χ3v) is 5.32. The minimum Gasteiger partial charge on any atom is -0.391 e. The zero-order chi connectivity index (χ0) is 14.0. The zero-order valence-electron chi connectivity index (χ0n) is 13.2. The molecule has 1 saturated heterocycles. The number of likely N-dealkylation sites (tertiary alicyclic amines) is 1. The van der Waals surface area contributed by atoms with Gasteiger partial charge in [0, 0.05) is 25.2 Å². The summed E-state index contributed by atoms with van der Waals surface area (Å²) in [7, 11) is 4.36. The number of likely N-dealkylation sites (N-methyl/N-ethyl adjacent to an activating group) is 1. The van der Waals surface area contributed by atoms with E-state index in [-0.39, 0.29) is 6.10 Å². The predicted molar refractivity (Wildman–Crippen MR) is 80.3 cm³/mol. The fraction of sp³-hybridized carbons (Fsp3) is 1.00. The van der Waals surface area contributed by atoms with Crippen LogP contribution in [0.2, 0.25) is 0 Å². The average molecular weight is 268 g/mol. The van der Waals surface area contributed by atoms with Crippen molar-refractivity contribution < 1.29 is 5.11 Å². The molecule has 0 spiro atoms. The van der Waals surface area contributed by atoms with Crippen molar-refractivity contribution in [2.75, 3.05) is 27.2 Å². The fourth-order valence-electron chi connectivity index (χ4n) is 4.21. The van der Waals surface area contributed by atoms with E-state index in [1.807, 2.05) is 0 Å². The largest absolute Gasteiger partial charge is 0.391 e. The van der Waals surface area contributed by atoms with Crippen LogP contribution < -0.4 is 0 Å². The van der Waals surface area contributed by atoms with E-state index in [4.69, 9.17) is 0 Å². The lowest BCUT2D eigenvalue weighted by Gasteiger charge is -2.39. The number of nitrogens with zero attached hydrogens (tertiary/aromatic N) is 2. The van der Waals surface area contributed by atoms with Gasteiger partial charge in [0.15, 0.2) is 0 Å². The Kier molecular flexibility index (Phi) is 5.27. The molecule has 3 nitrogen and oxygen atoms in total. The van der Waals surface area contributed by atoms with Crippen LogP contribution >= 0.6 is 0 Å². The molecule has 0 amide bonds. The van der Waals surface area contributed by atoms with Crippen LogP contribution in [0, 0.1) is 11.8 Å². The molecule has 5 unspecified atom stereocenters. The molecule has 1 N–H and O–H groups in total. The summed E-state index contributed by atoms with van der Waals surface area (Å²) in [5.41, 5.74) is 0. The van der Waals surface area contributed by atoms with Crippen molar-refractivity contribution in [2.45, 2.75) is 64.1 Å². The van der Waals surface area contributed by atoms with Crippen LogP contribution in [-0.2, 0) is 0 Å². The number of hydrogen-bond acceptors (Lipinski definition) is 3. The molecule has 0 aromatic heterocycles. The lowest BCUT2D eigenvalue weighted by Crippen LogP contribution is -2.47. The van der Waals surface area contributed by atoms with Gasteiger partial charge >= 0.3 is 0 Å². The molecule has 19 heavy (non-hydrogen) atoms. The number of rotatable bonds is 4. The van der Waals surface area contributed by atoms with Gasteiger partial charge in [-0.25, -0.2) is 0 Å². The predicted octanol–water partition coefficient (Wildman–Crippen LogP) is 2.20. The summed E-state index contributed by atoms with van der Waals surface area (Å²) >= 11 is 0. The van der Waals surface area contributed by atoms with Crippen LogP contribution in [0.5, 0.6) is 0 Å². The highest BCUT2D eigenvalue weighted by Crippen LogP contribution is 2.34. The fourth-order valence-corrected chi connectivity index (χ4v) is 4.21. The molecule has 1 aliphatic carbocycles. The van der Waals surface area contributed by atoms with Gasteiger partial charge in [-0.1, -0.05) is 26.7 Å². The van der Waals surface area contributed by atoms with Gasteiger partial charge in [0.25, 0.3) is 0 Å². The molecule has 5 atom stereocenters. The van der Waals surface area contributed by atoms with Gasteiger partial charge in [0.1, 0.15) is 0 Å². The van der Waals surface area contributed by atoms with Gasteiger partial charge in [-0.15, -0.1) is 0 Å². The number of hydrogen-bond donors (Lipinski definition) is 1. The Morgan fingerprint density at radius 3 is 2.53 bits per heavy atom. The molecule has 2 rings (SSSR count). The molecule has 1 saturated carbocycles. The highest BCUT2D eigenvalue weighted by Gasteiger charge is 2.39. The Balaban J connectivity index is 1.96. The van der Waals surface area contributed by atoms with Gasteiger partial charge in [0.2, 0.25) is 0 Å². The Labute approximate surface area is 119 Å². The lowest BCUT2D eigenvalue weighted by molar-refractivity contribution is 0.00885. The van der Waals surface area contributed by atoms with Crippen molar-refractivity contribution in [2.24, 2.45) is 11.8 Å². The minimum atomic E-state index is -0.0961. The molecule has 0 radical (unpaired) electrons. The third kappa shape index (κ3) is 3.50. The van der Waals surface area contributed by atoms with Crippen LogP contribution in [0.4, 0.5) is 0 Å². The molecule has 2 aliphatic rings. The lowest BCUT2D eigenvalue weighted by atomic mass is 9.81. The van der Waals surface area contributed by atoms with Crippen molar-refractivity contribution in [1.29, 1.82) is 0 Å². The monoisotopic (exact) mass is 268 g/mol. The van der Waals surface area contributed by atoms with Crippen molar-refractivity contribution in [3.8, 4) is 0 Å². The molecule has 0 aromatic rings. The average Bonchev–Trinajstić information content (AvgIpc) is 2.74. The highest BCUT2D eigenvalue weighted by atomic mass is 16.3.